The maximum Gasteiger partial charge on any atom is 0.220 e. The van der Waals surface area contributed by atoms with Crippen LogP contribution < -0.4 is 5.32 Å². The number of nitrogens with one attached hydrogen (secondary N) is 1. The minimum Gasteiger partial charge on any atom is -0.391 e. The Labute approximate surface area is 113 Å². The lowest BCUT2D eigenvalue weighted by Crippen LogP contribution is -2.32. The lowest BCUT2D eigenvalue weighted by atomic mass is 10.1. The molecule has 1 rings (SSSR count). The van der Waals surface area contributed by atoms with Gasteiger partial charge in [-0.2, -0.15) is 0 Å². The summed E-state index contributed by atoms with van der Waals surface area (Å²) < 4.78 is 12.9. The number of aliphatic hydroxyl groups is 1. The van der Waals surface area contributed by atoms with Crippen molar-refractivity contribution in [3.05, 3.63) is 35.6 Å². The van der Waals surface area contributed by atoms with Crippen molar-refractivity contribution in [3.8, 4) is 0 Å². The third-order valence-electron chi connectivity index (χ3n) is 2.81. The number of carbonyl (C=O) groups excluding carboxylic acids is 1. The number of hydrogen-bond donors (Lipinski definition) is 2. The summed E-state index contributed by atoms with van der Waals surface area (Å²) >= 11 is 0. The van der Waals surface area contributed by atoms with Crippen LogP contribution >= 0.6 is 0 Å². The molecule has 0 aliphatic rings. The molecule has 0 saturated carbocycles. The van der Waals surface area contributed by atoms with E-state index in [9.17, 15) is 14.3 Å². The predicted octanol–water partition coefficient (Wildman–Crippen LogP) is 2.28. The first-order valence-electron chi connectivity index (χ1n) is 6.66. The van der Waals surface area contributed by atoms with Gasteiger partial charge in [-0.3, -0.25) is 4.79 Å². The van der Waals surface area contributed by atoms with Crippen LogP contribution in [0.1, 0.15) is 32.3 Å². The maximum absolute atomic E-state index is 12.9. The highest BCUT2D eigenvalue weighted by atomic mass is 19.1. The highest BCUT2D eigenvalue weighted by Crippen LogP contribution is 2.06. The Morgan fingerprint density at radius 2 is 2.16 bits per heavy atom. The van der Waals surface area contributed by atoms with Crippen molar-refractivity contribution >= 4 is 5.91 Å². The van der Waals surface area contributed by atoms with Gasteiger partial charge in [0.1, 0.15) is 5.82 Å². The van der Waals surface area contributed by atoms with Gasteiger partial charge < -0.3 is 10.4 Å². The normalized spacial score (nSPS) is 12.5. The van der Waals surface area contributed by atoms with E-state index in [1.165, 1.54) is 12.1 Å². The van der Waals surface area contributed by atoms with Gasteiger partial charge in [0.05, 0.1) is 6.10 Å². The van der Waals surface area contributed by atoms with Gasteiger partial charge in [-0.05, 0) is 36.5 Å². The van der Waals surface area contributed by atoms with Gasteiger partial charge >= 0.3 is 0 Å². The number of amides is 1. The van der Waals surface area contributed by atoms with Gasteiger partial charge in [-0.1, -0.05) is 26.0 Å². The molecule has 1 amide bonds. The summed E-state index contributed by atoms with van der Waals surface area (Å²) in [6, 6.07) is 6.24. The molecule has 0 heterocycles. The molecule has 106 valence electrons. The lowest BCUT2D eigenvalue weighted by molar-refractivity contribution is -0.121. The van der Waals surface area contributed by atoms with E-state index in [1.54, 1.807) is 12.1 Å². The number of rotatable bonds is 7. The van der Waals surface area contributed by atoms with Crippen LogP contribution in [0, 0.1) is 11.7 Å². The zero-order valence-electron chi connectivity index (χ0n) is 11.5. The van der Waals surface area contributed by atoms with Crippen molar-refractivity contribution in [1.29, 1.82) is 0 Å². The molecule has 0 radical (unpaired) electrons. The summed E-state index contributed by atoms with van der Waals surface area (Å²) in [7, 11) is 0. The molecule has 0 aromatic heterocycles. The molecule has 1 atom stereocenters. The molecule has 1 aromatic carbocycles. The zero-order valence-corrected chi connectivity index (χ0v) is 11.5. The summed E-state index contributed by atoms with van der Waals surface area (Å²) in [5.41, 5.74) is 0.804. The Balaban J connectivity index is 2.25. The van der Waals surface area contributed by atoms with Crippen molar-refractivity contribution in [1.82, 2.24) is 5.32 Å². The summed E-state index contributed by atoms with van der Waals surface area (Å²) in [5, 5.41) is 12.3. The van der Waals surface area contributed by atoms with E-state index in [1.807, 2.05) is 13.8 Å². The van der Waals surface area contributed by atoms with E-state index in [0.717, 1.165) is 5.56 Å². The van der Waals surface area contributed by atoms with E-state index >= 15 is 0 Å². The second kappa shape index (κ2) is 7.89. The number of benzene rings is 1. The standard InChI is InChI=1S/C15H22FNO2/c1-11(2)8-14(18)10-17-15(19)7-6-12-4-3-5-13(16)9-12/h3-5,9,11,14,18H,6-8,10H2,1-2H3,(H,17,19). The van der Waals surface area contributed by atoms with Crippen molar-refractivity contribution < 1.29 is 14.3 Å². The van der Waals surface area contributed by atoms with Gasteiger partial charge in [0.25, 0.3) is 0 Å². The highest BCUT2D eigenvalue weighted by molar-refractivity contribution is 5.76. The van der Waals surface area contributed by atoms with Crippen LogP contribution in [-0.4, -0.2) is 23.7 Å². The Morgan fingerprint density at radius 3 is 2.79 bits per heavy atom. The zero-order chi connectivity index (χ0) is 14.3. The third kappa shape index (κ3) is 6.91. The number of carbonyl (C=O) groups is 1. The highest BCUT2D eigenvalue weighted by Gasteiger charge is 2.09. The Kier molecular flexibility index (Phi) is 6.50. The molecule has 0 aliphatic heterocycles. The largest absolute Gasteiger partial charge is 0.391 e. The van der Waals surface area contributed by atoms with Crippen molar-refractivity contribution in [2.75, 3.05) is 6.54 Å². The monoisotopic (exact) mass is 267 g/mol. The van der Waals surface area contributed by atoms with Crippen molar-refractivity contribution in [2.45, 2.75) is 39.2 Å². The third-order valence-corrected chi connectivity index (χ3v) is 2.81. The smallest absolute Gasteiger partial charge is 0.220 e. The number of aliphatic hydroxyl groups excluding tert-OH is 1. The summed E-state index contributed by atoms with van der Waals surface area (Å²) in [6.07, 6.45) is 0.976. The van der Waals surface area contributed by atoms with Gasteiger partial charge in [-0.15, -0.1) is 0 Å². The summed E-state index contributed by atoms with van der Waals surface area (Å²) in [6.45, 7) is 4.32. The molecule has 0 bridgehead atoms. The fraction of sp³-hybridized carbons (Fsp3) is 0.533. The molecule has 1 unspecified atom stereocenters. The molecule has 19 heavy (non-hydrogen) atoms. The Bertz CT molecular complexity index is 407. The fourth-order valence-corrected chi connectivity index (χ4v) is 1.90. The van der Waals surface area contributed by atoms with Gasteiger partial charge in [0, 0.05) is 13.0 Å². The van der Waals surface area contributed by atoms with Gasteiger partial charge in [0.2, 0.25) is 5.91 Å². The van der Waals surface area contributed by atoms with E-state index in [0.29, 0.717) is 25.2 Å². The molecule has 0 saturated heterocycles. The van der Waals surface area contributed by atoms with Gasteiger partial charge in [-0.25, -0.2) is 4.39 Å². The molecule has 0 fully saturated rings. The number of aryl methyl sites for hydroxylation is 1. The molecular weight excluding hydrogens is 245 g/mol. The van der Waals surface area contributed by atoms with Crippen LogP contribution in [0.3, 0.4) is 0 Å². The quantitative estimate of drug-likeness (QED) is 0.796. The average molecular weight is 267 g/mol. The number of hydrogen-bond acceptors (Lipinski definition) is 2. The van der Waals surface area contributed by atoms with E-state index < -0.39 is 6.10 Å². The summed E-state index contributed by atoms with van der Waals surface area (Å²) in [4.78, 5) is 11.6. The first-order chi connectivity index (χ1) is 8.97. The second-order valence-electron chi connectivity index (χ2n) is 5.22. The topological polar surface area (TPSA) is 49.3 Å². The molecular formula is C15H22FNO2. The van der Waals surface area contributed by atoms with E-state index in [2.05, 4.69) is 5.32 Å². The second-order valence-corrected chi connectivity index (χ2v) is 5.22. The first kappa shape index (κ1) is 15.6. The van der Waals surface area contributed by atoms with Crippen LogP contribution in [0.2, 0.25) is 0 Å². The van der Waals surface area contributed by atoms with E-state index in [4.69, 9.17) is 0 Å². The molecule has 4 heteroatoms. The molecule has 0 aliphatic carbocycles. The van der Waals surface area contributed by atoms with Crippen LogP contribution in [-0.2, 0) is 11.2 Å². The average Bonchev–Trinajstić information content (AvgIpc) is 2.33. The fourth-order valence-electron chi connectivity index (χ4n) is 1.90. The SMILES string of the molecule is CC(C)CC(O)CNC(=O)CCc1cccc(F)c1. The maximum atomic E-state index is 12.9. The van der Waals surface area contributed by atoms with Crippen LogP contribution in [0.15, 0.2) is 24.3 Å². The van der Waals surface area contributed by atoms with Crippen molar-refractivity contribution in [3.63, 3.8) is 0 Å². The predicted molar refractivity (Wildman–Crippen MR) is 73.2 cm³/mol. The molecule has 2 N–H and O–H groups in total. The van der Waals surface area contributed by atoms with Gasteiger partial charge in [0.15, 0.2) is 0 Å². The lowest BCUT2D eigenvalue weighted by Gasteiger charge is -2.13. The first-order valence-corrected chi connectivity index (χ1v) is 6.66. The molecule has 0 spiro atoms. The molecule has 1 aromatic rings. The Morgan fingerprint density at radius 1 is 1.42 bits per heavy atom. The minimum absolute atomic E-state index is 0.118. The van der Waals surface area contributed by atoms with Crippen molar-refractivity contribution in [2.24, 2.45) is 5.92 Å². The summed E-state index contributed by atoms with van der Waals surface area (Å²) in [5.74, 6) is -0.00322. The van der Waals surface area contributed by atoms with Crippen LogP contribution in [0.25, 0.3) is 0 Å². The van der Waals surface area contributed by atoms with Crippen LogP contribution in [0.5, 0.6) is 0 Å². The Hall–Kier alpha value is -1.42. The minimum atomic E-state index is -0.502. The van der Waals surface area contributed by atoms with Crippen LogP contribution in [0.4, 0.5) is 4.39 Å². The van der Waals surface area contributed by atoms with E-state index in [-0.39, 0.29) is 18.3 Å². The number of halogens is 1. The molecule has 3 nitrogen and oxygen atoms in total.